The number of rotatable bonds is 5. The summed E-state index contributed by atoms with van der Waals surface area (Å²) in [6.45, 7) is 6.38. The largest absolute Gasteiger partial charge is 0.380 e. The summed E-state index contributed by atoms with van der Waals surface area (Å²) in [5, 5.41) is 3.19. The van der Waals surface area contributed by atoms with Gasteiger partial charge in [0.15, 0.2) is 0 Å². The molecule has 1 N–H and O–H groups in total. The van der Waals surface area contributed by atoms with Crippen LogP contribution in [-0.4, -0.2) is 23.6 Å². The molecule has 2 heterocycles. The van der Waals surface area contributed by atoms with E-state index in [0.29, 0.717) is 12.6 Å². The van der Waals surface area contributed by atoms with Crippen LogP contribution in [0, 0.1) is 19.7 Å². The van der Waals surface area contributed by atoms with Crippen LogP contribution in [0.4, 0.5) is 21.8 Å². The molecule has 150 valence electrons. The number of nitrogens with one attached hydrogen (secondary N) is 1. The summed E-state index contributed by atoms with van der Waals surface area (Å²) in [7, 11) is 1.72. The fourth-order valence-corrected chi connectivity index (χ4v) is 3.69. The first kappa shape index (κ1) is 19.3. The number of methoxy groups -OCH3 is 1. The third-order valence-electron chi connectivity index (χ3n) is 5.36. The van der Waals surface area contributed by atoms with Crippen LogP contribution in [0.1, 0.15) is 27.9 Å². The number of aromatic nitrogens is 2. The SMILES string of the molecule is COCc1ccc2c(c1)CN(c1nc(Nc3ccc(F)cc3)nc(C)c1C)CC2. The summed E-state index contributed by atoms with van der Waals surface area (Å²) in [5.74, 6) is 1.19. The van der Waals surface area contributed by atoms with Gasteiger partial charge in [-0.15, -0.1) is 0 Å². The molecule has 4 rings (SSSR count). The number of anilines is 3. The van der Waals surface area contributed by atoms with E-state index in [2.05, 4.69) is 40.3 Å². The molecule has 3 aromatic rings. The number of hydrogen-bond donors (Lipinski definition) is 1. The van der Waals surface area contributed by atoms with E-state index in [1.165, 1.54) is 28.8 Å². The number of aryl methyl sites for hydroxylation is 1. The Morgan fingerprint density at radius 2 is 1.86 bits per heavy atom. The summed E-state index contributed by atoms with van der Waals surface area (Å²) < 4.78 is 18.5. The van der Waals surface area contributed by atoms with E-state index in [-0.39, 0.29) is 5.82 Å². The lowest BCUT2D eigenvalue weighted by Gasteiger charge is -2.31. The van der Waals surface area contributed by atoms with Gasteiger partial charge >= 0.3 is 0 Å². The lowest BCUT2D eigenvalue weighted by atomic mass is 9.97. The number of fused-ring (bicyclic) bond motifs is 1. The summed E-state index contributed by atoms with van der Waals surface area (Å²) in [6.07, 6.45) is 0.978. The third kappa shape index (κ3) is 4.22. The Labute approximate surface area is 170 Å². The molecule has 0 spiro atoms. The molecule has 0 saturated heterocycles. The lowest BCUT2D eigenvalue weighted by Crippen LogP contribution is -2.32. The van der Waals surface area contributed by atoms with Gasteiger partial charge in [-0.25, -0.2) is 9.37 Å². The second-order valence-corrected chi connectivity index (χ2v) is 7.42. The van der Waals surface area contributed by atoms with E-state index < -0.39 is 0 Å². The molecule has 6 heteroatoms. The Bertz CT molecular complexity index is 1020. The van der Waals surface area contributed by atoms with Crippen LogP contribution in [0.3, 0.4) is 0 Å². The number of halogens is 1. The molecule has 0 amide bonds. The third-order valence-corrected chi connectivity index (χ3v) is 5.36. The Balaban J connectivity index is 1.61. The Kier molecular flexibility index (Phi) is 5.45. The number of benzene rings is 2. The Morgan fingerprint density at radius 1 is 1.07 bits per heavy atom. The lowest BCUT2D eigenvalue weighted by molar-refractivity contribution is 0.185. The van der Waals surface area contributed by atoms with Crippen molar-refractivity contribution in [1.82, 2.24) is 9.97 Å². The van der Waals surface area contributed by atoms with Gasteiger partial charge in [0, 0.05) is 37.1 Å². The second-order valence-electron chi connectivity index (χ2n) is 7.42. The van der Waals surface area contributed by atoms with Crippen molar-refractivity contribution in [2.24, 2.45) is 0 Å². The van der Waals surface area contributed by atoms with Gasteiger partial charge in [0.1, 0.15) is 11.6 Å². The molecule has 0 bridgehead atoms. The van der Waals surface area contributed by atoms with Crippen molar-refractivity contribution in [1.29, 1.82) is 0 Å². The average Bonchev–Trinajstić information content (AvgIpc) is 2.72. The van der Waals surface area contributed by atoms with E-state index in [9.17, 15) is 4.39 Å². The number of nitrogens with zero attached hydrogens (tertiary/aromatic N) is 3. The van der Waals surface area contributed by atoms with E-state index >= 15 is 0 Å². The van der Waals surface area contributed by atoms with Gasteiger partial charge in [-0.05, 0) is 61.2 Å². The highest BCUT2D eigenvalue weighted by Gasteiger charge is 2.21. The number of ether oxygens (including phenoxy) is 1. The minimum absolute atomic E-state index is 0.267. The smallest absolute Gasteiger partial charge is 0.229 e. The van der Waals surface area contributed by atoms with E-state index in [0.717, 1.165) is 42.3 Å². The monoisotopic (exact) mass is 392 g/mol. The molecule has 0 aliphatic carbocycles. The van der Waals surface area contributed by atoms with Crippen LogP contribution in [-0.2, 0) is 24.3 Å². The highest BCUT2D eigenvalue weighted by molar-refractivity contribution is 5.59. The molecule has 0 fully saturated rings. The predicted octanol–water partition coefficient (Wildman–Crippen LogP) is 4.69. The fraction of sp³-hybridized carbons (Fsp3) is 0.304. The van der Waals surface area contributed by atoms with Crippen molar-refractivity contribution < 1.29 is 9.13 Å². The van der Waals surface area contributed by atoms with Gasteiger partial charge in [-0.1, -0.05) is 18.2 Å². The van der Waals surface area contributed by atoms with Crippen LogP contribution in [0.5, 0.6) is 0 Å². The second kappa shape index (κ2) is 8.17. The maximum Gasteiger partial charge on any atom is 0.229 e. The molecular formula is C23H25FN4O. The topological polar surface area (TPSA) is 50.3 Å². The highest BCUT2D eigenvalue weighted by Crippen LogP contribution is 2.29. The highest BCUT2D eigenvalue weighted by atomic mass is 19.1. The molecule has 0 radical (unpaired) electrons. The molecule has 1 aliphatic rings. The summed E-state index contributed by atoms with van der Waals surface area (Å²) in [5.41, 5.74) is 6.64. The van der Waals surface area contributed by atoms with Gasteiger partial charge < -0.3 is 15.0 Å². The van der Waals surface area contributed by atoms with Gasteiger partial charge in [-0.2, -0.15) is 4.98 Å². The van der Waals surface area contributed by atoms with Crippen molar-refractivity contribution in [3.63, 3.8) is 0 Å². The van der Waals surface area contributed by atoms with E-state index in [4.69, 9.17) is 9.72 Å². The predicted molar refractivity (Wildman–Crippen MR) is 113 cm³/mol. The maximum absolute atomic E-state index is 13.2. The van der Waals surface area contributed by atoms with Gasteiger partial charge in [0.2, 0.25) is 5.95 Å². The summed E-state index contributed by atoms with van der Waals surface area (Å²) >= 11 is 0. The summed E-state index contributed by atoms with van der Waals surface area (Å²) in [4.78, 5) is 11.7. The molecule has 5 nitrogen and oxygen atoms in total. The van der Waals surface area contributed by atoms with Crippen LogP contribution >= 0.6 is 0 Å². The first-order valence-electron chi connectivity index (χ1n) is 9.76. The number of hydrogen-bond acceptors (Lipinski definition) is 5. The van der Waals surface area contributed by atoms with Crippen LogP contribution in [0.15, 0.2) is 42.5 Å². The van der Waals surface area contributed by atoms with Gasteiger partial charge in [0.05, 0.1) is 6.61 Å². The van der Waals surface area contributed by atoms with Crippen molar-refractivity contribution in [3.8, 4) is 0 Å². The normalized spacial score (nSPS) is 13.3. The molecule has 0 unspecified atom stereocenters. The van der Waals surface area contributed by atoms with E-state index in [1.807, 2.05) is 6.92 Å². The van der Waals surface area contributed by atoms with Crippen molar-refractivity contribution >= 4 is 17.5 Å². The zero-order valence-corrected chi connectivity index (χ0v) is 17.0. The Hall–Kier alpha value is -2.99. The molecule has 2 aromatic carbocycles. The maximum atomic E-state index is 13.2. The minimum atomic E-state index is -0.267. The molecule has 29 heavy (non-hydrogen) atoms. The molecule has 1 aliphatic heterocycles. The first-order chi connectivity index (χ1) is 14.0. The Morgan fingerprint density at radius 3 is 2.62 bits per heavy atom. The zero-order valence-electron chi connectivity index (χ0n) is 17.0. The van der Waals surface area contributed by atoms with Gasteiger partial charge in [-0.3, -0.25) is 0 Å². The molecule has 1 aromatic heterocycles. The van der Waals surface area contributed by atoms with Crippen LogP contribution < -0.4 is 10.2 Å². The zero-order chi connectivity index (χ0) is 20.4. The van der Waals surface area contributed by atoms with E-state index in [1.54, 1.807) is 19.2 Å². The van der Waals surface area contributed by atoms with Crippen LogP contribution in [0.2, 0.25) is 0 Å². The standard InChI is InChI=1S/C23H25FN4O/c1-15-16(2)25-23(26-21-8-6-20(24)7-9-21)27-22(15)28-11-10-18-5-4-17(14-29-3)12-19(18)13-28/h4-9,12H,10-11,13-14H2,1-3H3,(H,25,26,27). The quantitative estimate of drug-likeness (QED) is 0.683. The molecular weight excluding hydrogens is 367 g/mol. The van der Waals surface area contributed by atoms with Crippen molar-refractivity contribution in [2.75, 3.05) is 23.9 Å². The van der Waals surface area contributed by atoms with Crippen molar-refractivity contribution in [3.05, 3.63) is 76.2 Å². The summed E-state index contributed by atoms with van der Waals surface area (Å²) in [6, 6.07) is 12.8. The fourth-order valence-electron chi connectivity index (χ4n) is 3.69. The molecule has 0 atom stereocenters. The van der Waals surface area contributed by atoms with Crippen molar-refractivity contribution in [2.45, 2.75) is 33.4 Å². The minimum Gasteiger partial charge on any atom is -0.380 e. The van der Waals surface area contributed by atoms with Crippen LogP contribution in [0.25, 0.3) is 0 Å². The first-order valence-corrected chi connectivity index (χ1v) is 9.76. The van der Waals surface area contributed by atoms with Gasteiger partial charge in [0.25, 0.3) is 0 Å². The average molecular weight is 392 g/mol. The molecule has 0 saturated carbocycles.